The lowest BCUT2D eigenvalue weighted by molar-refractivity contribution is 0.0943. The minimum Gasteiger partial charge on any atom is -0.467 e. The van der Waals surface area contributed by atoms with Crippen molar-refractivity contribution in [2.45, 2.75) is 6.54 Å². The lowest BCUT2D eigenvalue weighted by atomic mass is 10.3. The molecule has 0 spiro atoms. The quantitative estimate of drug-likeness (QED) is 0.715. The van der Waals surface area contributed by atoms with Crippen molar-refractivity contribution < 1.29 is 9.21 Å². The summed E-state index contributed by atoms with van der Waals surface area (Å²) in [5.74, 6) is 0.556. The fourth-order valence-electron chi connectivity index (χ4n) is 1.93. The maximum Gasteiger partial charge on any atom is 0.270 e. The van der Waals surface area contributed by atoms with Gasteiger partial charge in [0.05, 0.1) is 23.5 Å². The van der Waals surface area contributed by atoms with Crippen LogP contribution in [0, 0.1) is 0 Å². The third-order valence-electron chi connectivity index (χ3n) is 3.07. The van der Waals surface area contributed by atoms with Gasteiger partial charge in [-0.3, -0.25) is 4.79 Å². The average molecular weight is 363 g/mol. The van der Waals surface area contributed by atoms with E-state index in [0.717, 1.165) is 0 Å². The highest BCUT2D eigenvalue weighted by Crippen LogP contribution is 2.27. The molecule has 2 N–H and O–H groups in total. The van der Waals surface area contributed by atoms with Gasteiger partial charge in [0.15, 0.2) is 0 Å². The Labute approximate surface area is 147 Å². The number of furan rings is 1. The smallest absolute Gasteiger partial charge is 0.270 e. The third-order valence-corrected chi connectivity index (χ3v) is 3.63. The Morgan fingerprint density at radius 2 is 2.08 bits per heavy atom. The predicted molar refractivity (Wildman–Crippen MR) is 91.7 cm³/mol. The molecular formula is C16H12Cl2N4O2. The number of hydrogen-bond acceptors (Lipinski definition) is 5. The van der Waals surface area contributed by atoms with Crippen molar-refractivity contribution in [1.29, 1.82) is 0 Å². The molecule has 24 heavy (non-hydrogen) atoms. The van der Waals surface area contributed by atoms with Crippen LogP contribution in [-0.4, -0.2) is 15.9 Å². The topological polar surface area (TPSA) is 80.0 Å². The molecule has 8 heteroatoms. The Kier molecular flexibility index (Phi) is 4.98. The van der Waals surface area contributed by atoms with Gasteiger partial charge < -0.3 is 15.1 Å². The first-order chi connectivity index (χ1) is 11.6. The summed E-state index contributed by atoms with van der Waals surface area (Å²) >= 11 is 12.0. The average Bonchev–Trinajstić information content (AvgIpc) is 3.10. The molecule has 0 radical (unpaired) electrons. The second-order valence-electron chi connectivity index (χ2n) is 4.78. The van der Waals surface area contributed by atoms with Crippen molar-refractivity contribution in [3.05, 3.63) is 70.4 Å². The van der Waals surface area contributed by atoms with E-state index in [1.807, 2.05) is 0 Å². The van der Waals surface area contributed by atoms with Crippen molar-refractivity contribution in [2.75, 3.05) is 5.32 Å². The van der Waals surface area contributed by atoms with Gasteiger partial charge in [0.2, 0.25) is 5.95 Å². The van der Waals surface area contributed by atoms with Crippen molar-refractivity contribution in [3.63, 3.8) is 0 Å². The normalized spacial score (nSPS) is 10.4. The van der Waals surface area contributed by atoms with Gasteiger partial charge in [0.1, 0.15) is 11.5 Å². The van der Waals surface area contributed by atoms with E-state index in [9.17, 15) is 4.79 Å². The SMILES string of the molecule is O=C(NCc1ccco1)c1ccnc(Nc2cc(Cl)ccc2Cl)n1. The van der Waals surface area contributed by atoms with E-state index >= 15 is 0 Å². The van der Waals surface area contributed by atoms with Gasteiger partial charge in [0, 0.05) is 11.2 Å². The van der Waals surface area contributed by atoms with Gasteiger partial charge in [-0.05, 0) is 36.4 Å². The van der Waals surface area contributed by atoms with Crippen LogP contribution < -0.4 is 10.6 Å². The maximum absolute atomic E-state index is 12.1. The third kappa shape index (κ3) is 4.04. The minimum absolute atomic E-state index is 0.220. The molecule has 0 aliphatic carbocycles. The van der Waals surface area contributed by atoms with Crippen molar-refractivity contribution in [3.8, 4) is 0 Å². The van der Waals surface area contributed by atoms with Crippen LogP contribution in [0.25, 0.3) is 0 Å². The summed E-state index contributed by atoms with van der Waals surface area (Å²) in [5.41, 5.74) is 0.773. The molecule has 0 bridgehead atoms. The van der Waals surface area contributed by atoms with E-state index in [4.69, 9.17) is 27.6 Å². The fourth-order valence-corrected chi connectivity index (χ4v) is 2.27. The lowest BCUT2D eigenvalue weighted by Crippen LogP contribution is -2.23. The molecule has 3 rings (SSSR count). The number of halogens is 2. The predicted octanol–water partition coefficient (Wildman–Crippen LogP) is 4.05. The van der Waals surface area contributed by atoms with Gasteiger partial charge in [-0.25, -0.2) is 9.97 Å². The molecular weight excluding hydrogens is 351 g/mol. The zero-order valence-electron chi connectivity index (χ0n) is 12.3. The van der Waals surface area contributed by atoms with Crippen LogP contribution in [0.3, 0.4) is 0 Å². The highest BCUT2D eigenvalue weighted by atomic mass is 35.5. The van der Waals surface area contributed by atoms with Gasteiger partial charge in [-0.15, -0.1) is 0 Å². The van der Waals surface area contributed by atoms with Crippen LogP contribution in [0.2, 0.25) is 10.0 Å². The number of carbonyl (C=O) groups is 1. The van der Waals surface area contributed by atoms with Crippen LogP contribution in [-0.2, 0) is 6.54 Å². The van der Waals surface area contributed by atoms with Gasteiger partial charge in [-0.2, -0.15) is 0 Å². The van der Waals surface area contributed by atoms with Crippen molar-refractivity contribution in [1.82, 2.24) is 15.3 Å². The highest BCUT2D eigenvalue weighted by Gasteiger charge is 2.10. The van der Waals surface area contributed by atoms with Crippen LogP contribution >= 0.6 is 23.2 Å². The number of hydrogen-bond donors (Lipinski definition) is 2. The molecule has 0 fully saturated rings. The molecule has 0 saturated carbocycles. The summed E-state index contributed by atoms with van der Waals surface area (Å²) in [7, 11) is 0. The molecule has 0 aliphatic rings. The monoisotopic (exact) mass is 362 g/mol. The van der Waals surface area contributed by atoms with E-state index in [2.05, 4.69) is 20.6 Å². The molecule has 0 saturated heterocycles. The maximum atomic E-state index is 12.1. The molecule has 122 valence electrons. The van der Waals surface area contributed by atoms with Gasteiger partial charge in [-0.1, -0.05) is 23.2 Å². The molecule has 3 aromatic rings. The summed E-state index contributed by atoms with van der Waals surface area (Å²) in [5, 5.41) is 6.65. The molecule has 2 heterocycles. The van der Waals surface area contributed by atoms with Crippen molar-refractivity contribution in [2.24, 2.45) is 0 Å². The minimum atomic E-state index is -0.339. The number of anilines is 2. The van der Waals surface area contributed by atoms with Crippen LogP contribution in [0.5, 0.6) is 0 Å². The van der Waals surface area contributed by atoms with Crippen LogP contribution in [0.4, 0.5) is 11.6 Å². The summed E-state index contributed by atoms with van der Waals surface area (Å²) in [6.07, 6.45) is 3.03. The number of benzene rings is 1. The largest absolute Gasteiger partial charge is 0.467 e. The lowest BCUT2D eigenvalue weighted by Gasteiger charge is -2.08. The zero-order chi connectivity index (χ0) is 16.9. The van der Waals surface area contributed by atoms with E-state index in [1.165, 1.54) is 12.3 Å². The molecule has 2 aromatic heterocycles. The van der Waals surface area contributed by atoms with Crippen LogP contribution in [0.1, 0.15) is 16.2 Å². The number of aromatic nitrogens is 2. The first-order valence-corrected chi connectivity index (χ1v) is 7.73. The number of rotatable bonds is 5. The molecule has 1 aromatic carbocycles. The first-order valence-electron chi connectivity index (χ1n) is 6.97. The standard InChI is InChI=1S/C16H12Cl2N4O2/c17-10-3-4-12(18)14(8-10)22-16-19-6-5-13(21-16)15(23)20-9-11-2-1-7-24-11/h1-8H,9H2,(H,20,23)(H,19,21,22). The second kappa shape index (κ2) is 7.33. The molecule has 1 amide bonds. The Balaban J connectivity index is 1.71. The number of carbonyl (C=O) groups excluding carboxylic acids is 1. The Hall–Kier alpha value is -2.57. The highest BCUT2D eigenvalue weighted by molar-refractivity contribution is 6.35. The van der Waals surface area contributed by atoms with E-state index in [-0.39, 0.29) is 24.1 Å². The number of amides is 1. The summed E-state index contributed by atoms with van der Waals surface area (Å²) in [4.78, 5) is 20.4. The van der Waals surface area contributed by atoms with E-state index in [1.54, 1.807) is 36.6 Å². The van der Waals surface area contributed by atoms with Gasteiger partial charge >= 0.3 is 0 Å². The van der Waals surface area contributed by atoms with Crippen LogP contribution in [0.15, 0.2) is 53.3 Å². The molecule has 0 aliphatic heterocycles. The Morgan fingerprint density at radius 3 is 2.88 bits per heavy atom. The number of nitrogens with zero attached hydrogens (tertiary/aromatic N) is 2. The summed E-state index contributed by atoms with van der Waals surface area (Å²) in [6, 6.07) is 10.0. The van der Waals surface area contributed by atoms with Crippen molar-refractivity contribution >= 4 is 40.7 Å². The summed E-state index contributed by atoms with van der Waals surface area (Å²) < 4.78 is 5.16. The fraction of sp³-hybridized carbons (Fsp3) is 0.0625. The molecule has 0 atom stereocenters. The van der Waals surface area contributed by atoms with Gasteiger partial charge in [0.25, 0.3) is 5.91 Å². The Morgan fingerprint density at radius 1 is 1.21 bits per heavy atom. The molecule has 6 nitrogen and oxygen atoms in total. The van der Waals surface area contributed by atoms with E-state index < -0.39 is 0 Å². The second-order valence-corrected chi connectivity index (χ2v) is 5.62. The first kappa shape index (κ1) is 16.3. The zero-order valence-corrected chi connectivity index (χ0v) is 13.8. The number of nitrogens with one attached hydrogen (secondary N) is 2. The molecule has 0 unspecified atom stereocenters. The van der Waals surface area contributed by atoms with E-state index in [0.29, 0.717) is 21.5 Å². The summed E-state index contributed by atoms with van der Waals surface area (Å²) in [6.45, 7) is 0.277. The Bertz CT molecular complexity index is 853.